The molecule has 1 aliphatic heterocycles. The van der Waals surface area contributed by atoms with Crippen molar-refractivity contribution in [3.63, 3.8) is 0 Å². The first kappa shape index (κ1) is 11.5. The summed E-state index contributed by atoms with van der Waals surface area (Å²) in [5, 5.41) is 12.4. The molecule has 2 aromatic carbocycles. The van der Waals surface area contributed by atoms with Gasteiger partial charge < -0.3 is 9.84 Å². The van der Waals surface area contributed by atoms with E-state index in [1.54, 1.807) is 6.07 Å². The standard InChI is InChI=1S/C16H18O2/c1-11-5-4-8-15(18-11)16-13-7-3-2-6-12(13)9-10-14(16)17/h2-3,6-7,9-11,15,17H,4-5,8H2,1H3/t11?,15-/m1/s1. The maximum atomic E-state index is 10.2. The van der Waals surface area contributed by atoms with Crippen molar-refractivity contribution < 1.29 is 9.84 Å². The Morgan fingerprint density at radius 3 is 2.78 bits per heavy atom. The molecule has 0 bridgehead atoms. The number of phenols is 1. The van der Waals surface area contributed by atoms with Crippen LogP contribution in [-0.2, 0) is 4.74 Å². The van der Waals surface area contributed by atoms with E-state index in [1.165, 1.54) is 0 Å². The van der Waals surface area contributed by atoms with Gasteiger partial charge in [0.1, 0.15) is 5.75 Å². The van der Waals surface area contributed by atoms with E-state index in [9.17, 15) is 5.11 Å². The maximum absolute atomic E-state index is 10.2. The molecule has 2 heteroatoms. The van der Waals surface area contributed by atoms with Crippen LogP contribution in [0.15, 0.2) is 36.4 Å². The molecule has 1 N–H and O–H groups in total. The third-order valence-electron chi connectivity index (χ3n) is 3.74. The first-order chi connectivity index (χ1) is 8.75. The van der Waals surface area contributed by atoms with Gasteiger partial charge >= 0.3 is 0 Å². The Bertz CT molecular complexity index is 562. The van der Waals surface area contributed by atoms with Crippen molar-refractivity contribution >= 4 is 10.8 Å². The number of hydrogen-bond donors (Lipinski definition) is 1. The van der Waals surface area contributed by atoms with Gasteiger partial charge in [-0.2, -0.15) is 0 Å². The van der Waals surface area contributed by atoms with E-state index in [-0.39, 0.29) is 12.2 Å². The van der Waals surface area contributed by atoms with Crippen molar-refractivity contribution in [2.45, 2.75) is 38.4 Å². The summed E-state index contributed by atoms with van der Waals surface area (Å²) in [4.78, 5) is 0. The molecular formula is C16H18O2. The Morgan fingerprint density at radius 1 is 1.11 bits per heavy atom. The van der Waals surface area contributed by atoms with Crippen LogP contribution >= 0.6 is 0 Å². The van der Waals surface area contributed by atoms with Gasteiger partial charge in [0.2, 0.25) is 0 Å². The largest absolute Gasteiger partial charge is 0.508 e. The van der Waals surface area contributed by atoms with E-state index in [0.717, 1.165) is 35.6 Å². The summed E-state index contributed by atoms with van der Waals surface area (Å²) in [5.41, 5.74) is 0.958. The number of fused-ring (bicyclic) bond motifs is 1. The van der Waals surface area contributed by atoms with Gasteiger partial charge in [-0.1, -0.05) is 30.3 Å². The minimum Gasteiger partial charge on any atom is -0.508 e. The molecule has 1 unspecified atom stereocenters. The van der Waals surface area contributed by atoms with Crippen molar-refractivity contribution in [2.24, 2.45) is 0 Å². The minimum absolute atomic E-state index is 0.0276. The molecule has 2 aromatic rings. The number of phenolic OH excluding ortho intramolecular Hbond substituents is 1. The van der Waals surface area contributed by atoms with Gasteiger partial charge in [0, 0.05) is 5.56 Å². The highest BCUT2D eigenvalue weighted by molar-refractivity contribution is 5.88. The Kier molecular flexibility index (Phi) is 2.96. The third kappa shape index (κ3) is 1.97. The van der Waals surface area contributed by atoms with Crippen molar-refractivity contribution in [3.05, 3.63) is 42.0 Å². The highest BCUT2D eigenvalue weighted by Gasteiger charge is 2.24. The van der Waals surface area contributed by atoms with Crippen molar-refractivity contribution in [2.75, 3.05) is 0 Å². The normalized spacial score (nSPS) is 24.3. The Hall–Kier alpha value is -1.54. The zero-order valence-electron chi connectivity index (χ0n) is 10.6. The summed E-state index contributed by atoms with van der Waals surface area (Å²) >= 11 is 0. The molecule has 1 heterocycles. The van der Waals surface area contributed by atoms with Crippen molar-refractivity contribution in [1.82, 2.24) is 0 Å². The lowest BCUT2D eigenvalue weighted by atomic mass is 9.93. The molecule has 0 radical (unpaired) electrons. The van der Waals surface area contributed by atoms with Crippen molar-refractivity contribution in [3.8, 4) is 5.75 Å². The summed E-state index contributed by atoms with van der Waals surface area (Å²) in [6, 6.07) is 11.9. The Labute approximate surface area is 107 Å². The van der Waals surface area contributed by atoms with Gasteiger partial charge in [-0.3, -0.25) is 0 Å². The van der Waals surface area contributed by atoms with Crippen LogP contribution in [0.1, 0.15) is 37.9 Å². The zero-order valence-corrected chi connectivity index (χ0v) is 10.6. The predicted molar refractivity (Wildman–Crippen MR) is 72.8 cm³/mol. The van der Waals surface area contributed by atoms with Crippen LogP contribution in [0.3, 0.4) is 0 Å². The average Bonchev–Trinajstić information content (AvgIpc) is 2.38. The summed E-state index contributed by atoms with van der Waals surface area (Å²) in [6.45, 7) is 2.11. The molecule has 2 nitrogen and oxygen atoms in total. The van der Waals surface area contributed by atoms with E-state index in [1.807, 2.05) is 18.2 Å². The van der Waals surface area contributed by atoms with Crippen LogP contribution in [0.25, 0.3) is 10.8 Å². The highest BCUT2D eigenvalue weighted by Crippen LogP contribution is 2.39. The van der Waals surface area contributed by atoms with E-state index in [2.05, 4.69) is 19.1 Å². The van der Waals surface area contributed by atoms with Gasteiger partial charge in [0.05, 0.1) is 12.2 Å². The topological polar surface area (TPSA) is 29.5 Å². The summed E-state index contributed by atoms with van der Waals surface area (Å²) in [6.07, 6.45) is 3.57. The van der Waals surface area contributed by atoms with Gasteiger partial charge in [-0.15, -0.1) is 0 Å². The van der Waals surface area contributed by atoms with E-state index in [4.69, 9.17) is 4.74 Å². The zero-order chi connectivity index (χ0) is 12.5. The SMILES string of the molecule is CC1CCC[C@H](c2c(O)ccc3ccccc23)O1. The summed E-state index contributed by atoms with van der Waals surface area (Å²) in [7, 11) is 0. The highest BCUT2D eigenvalue weighted by atomic mass is 16.5. The maximum Gasteiger partial charge on any atom is 0.122 e. The fourth-order valence-electron chi connectivity index (χ4n) is 2.84. The molecular weight excluding hydrogens is 224 g/mol. The van der Waals surface area contributed by atoms with E-state index < -0.39 is 0 Å². The predicted octanol–water partition coefficient (Wildman–Crippen LogP) is 4.18. The van der Waals surface area contributed by atoms with Crippen molar-refractivity contribution in [1.29, 1.82) is 0 Å². The van der Waals surface area contributed by atoms with E-state index >= 15 is 0 Å². The third-order valence-corrected chi connectivity index (χ3v) is 3.74. The first-order valence-corrected chi connectivity index (χ1v) is 6.62. The second-order valence-corrected chi connectivity index (χ2v) is 5.09. The molecule has 2 atom stereocenters. The first-order valence-electron chi connectivity index (χ1n) is 6.62. The molecule has 3 rings (SSSR count). The average molecular weight is 242 g/mol. The molecule has 0 amide bonds. The summed E-state index contributed by atoms with van der Waals surface area (Å²) < 4.78 is 6.00. The lowest BCUT2D eigenvalue weighted by Crippen LogP contribution is -2.19. The molecule has 1 aliphatic rings. The van der Waals surface area contributed by atoms with Crippen LogP contribution in [0.5, 0.6) is 5.75 Å². The lowest BCUT2D eigenvalue weighted by molar-refractivity contribution is -0.0415. The Balaban J connectivity index is 2.12. The monoisotopic (exact) mass is 242 g/mol. The van der Waals surface area contributed by atoms with E-state index in [0.29, 0.717) is 5.75 Å². The molecule has 18 heavy (non-hydrogen) atoms. The molecule has 0 aromatic heterocycles. The van der Waals surface area contributed by atoms with Gasteiger partial charge in [-0.25, -0.2) is 0 Å². The quantitative estimate of drug-likeness (QED) is 0.813. The fourth-order valence-corrected chi connectivity index (χ4v) is 2.84. The van der Waals surface area contributed by atoms with Gasteiger partial charge in [0.15, 0.2) is 0 Å². The van der Waals surface area contributed by atoms with Gasteiger partial charge in [0.25, 0.3) is 0 Å². The Morgan fingerprint density at radius 2 is 1.94 bits per heavy atom. The molecule has 0 spiro atoms. The number of hydrogen-bond acceptors (Lipinski definition) is 2. The number of ether oxygens (including phenoxy) is 1. The van der Waals surface area contributed by atoms with Gasteiger partial charge in [-0.05, 0) is 43.0 Å². The molecule has 0 saturated carbocycles. The molecule has 94 valence electrons. The second-order valence-electron chi connectivity index (χ2n) is 5.09. The number of aromatic hydroxyl groups is 1. The van der Waals surface area contributed by atoms with Crippen LogP contribution in [0.4, 0.5) is 0 Å². The van der Waals surface area contributed by atoms with Crippen LogP contribution in [0, 0.1) is 0 Å². The molecule has 0 aliphatic carbocycles. The lowest BCUT2D eigenvalue weighted by Gasteiger charge is -2.29. The van der Waals surface area contributed by atoms with Crippen LogP contribution in [0.2, 0.25) is 0 Å². The summed E-state index contributed by atoms with van der Waals surface area (Å²) in [5.74, 6) is 0.354. The van der Waals surface area contributed by atoms with Crippen LogP contribution in [-0.4, -0.2) is 11.2 Å². The minimum atomic E-state index is 0.0276. The fraction of sp³-hybridized carbons (Fsp3) is 0.375. The second kappa shape index (κ2) is 4.62. The number of rotatable bonds is 1. The van der Waals surface area contributed by atoms with Crippen LogP contribution < -0.4 is 0 Å². The molecule has 1 saturated heterocycles. The molecule has 1 fully saturated rings. The number of benzene rings is 2. The smallest absolute Gasteiger partial charge is 0.122 e.